The zero-order valence-corrected chi connectivity index (χ0v) is 23.7. The predicted molar refractivity (Wildman–Crippen MR) is 153 cm³/mol. The molecule has 0 saturated carbocycles. The van der Waals surface area contributed by atoms with Crippen LogP contribution in [0.3, 0.4) is 0 Å². The van der Waals surface area contributed by atoms with Gasteiger partial charge in [0.15, 0.2) is 22.3 Å². The van der Waals surface area contributed by atoms with Crippen molar-refractivity contribution in [3.05, 3.63) is 53.2 Å². The van der Waals surface area contributed by atoms with Crippen LogP contribution in [0.1, 0.15) is 5.69 Å². The Labute approximate surface area is 249 Å². The maximum atomic E-state index is 13.1. The van der Waals surface area contributed by atoms with Crippen molar-refractivity contribution in [2.75, 3.05) is 23.8 Å². The van der Waals surface area contributed by atoms with Crippen molar-refractivity contribution in [3.63, 3.8) is 0 Å². The topological polar surface area (TPSA) is 227 Å². The van der Waals surface area contributed by atoms with Crippen LogP contribution in [0.15, 0.2) is 62.3 Å². The number of hydrogen-bond donors (Lipinski definition) is 5. The number of nitrogens with two attached hydrogens (primary N) is 1. The third-order valence-corrected chi connectivity index (χ3v) is 8.78. The molecule has 0 unspecified atom stereocenters. The second-order valence-electron chi connectivity index (χ2n) is 8.58. The molecule has 2 amide bonds. The smallest absolute Gasteiger partial charge is 0.352 e. The van der Waals surface area contributed by atoms with Gasteiger partial charge in [-0.3, -0.25) is 14.5 Å². The number of carbonyl (C=O) groups excluding carboxylic acids is 2. The van der Waals surface area contributed by atoms with Crippen LogP contribution in [-0.2, 0) is 19.2 Å². The van der Waals surface area contributed by atoms with E-state index in [1.807, 2.05) is 0 Å². The van der Waals surface area contributed by atoms with Crippen LogP contribution in [0.5, 0.6) is 11.5 Å². The summed E-state index contributed by atoms with van der Waals surface area (Å²) in [6.07, 6.45) is 1.44. The van der Waals surface area contributed by atoms with Gasteiger partial charge in [0, 0.05) is 22.4 Å². The van der Waals surface area contributed by atoms with Crippen LogP contribution in [0.4, 0.5) is 5.13 Å². The van der Waals surface area contributed by atoms with Crippen molar-refractivity contribution >= 4 is 63.5 Å². The number of aliphatic carboxylic acids is 1. The number of fused-ring (bicyclic) bond motifs is 1. The lowest BCUT2D eigenvalue weighted by Crippen LogP contribution is -2.71. The van der Waals surface area contributed by atoms with Crippen LogP contribution in [0.25, 0.3) is 11.5 Å². The first kappa shape index (κ1) is 29.0. The molecular formula is C24H21N7O8S3. The number of oxime groups is 1. The van der Waals surface area contributed by atoms with E-state index in [1.165, 1.54) is 41.4 Å². The number of carboxylic acids is 1. The number of β-lactam (4-membered cyclic amide) rings is 1. The molecule has 42 heavy (non-hydrogen) atoms. The number of carboxylic acid groups (broad SMARTS) is 1. The molecule has 1 aromatic carbocycles. The summed E-state index contributed by atoms with van der Waals surface area (Å²) in [4.78, 5) is 48.6. The van der Waals surface area contributed by atoms with Crippen molar-refractivity contribution in [3.8, 4) is 23.0 Å². The molecule has 18 heteroatoms. The number of aromatic hydroxyl groups is 2. The minimum atomic E-state index is -1.29. The molecular weight excluding hydrogens is 611 g/mol. The lowest BCUT2D eigenvalue weighted by Gasteiger charge is -2.49. The number of phenolic OH excluding ortho intramolecular Hbond substituents is 2. The van der Waals surface area contributed by atoms with Gasteiger partial charge in [-0.05, 0) is 23.8 Å². The van der Waals surface area contributed by atoms with Crippen LogP contribution in [-0.4, -0.2) is 88.4 Å². The Kier molecular flexibility index (Phi) is 8.36. The quantitative estimate of drug-likeness (QED) is 0.0386. The number of aromatic nitrogens is 3. The van der Waals surface area contributed by atoms with E-state index in [4.69, 9.17) is 15.0 Å². The largest absolute Gasteiger partial charge is 0.504 e. The Hall–Kier alpha value is -4.55. The van der Waals surface area contributed by atoms with Crippen molar-refractivity contribution in [1.82, 2.24) is 25.4 Å². The maximum absolute atomic E-state index is 13.1. The fourth-order valence-corrected chi connectivity index (χ4v) is 6.75. The van der Waals surface area contributed by atoms with Gasteiger partial charge in [-0.2, -0.15) is 0 Å². The second-order valence-corrected chi connectivity index (χ2v) is 11.5. The first-order valence-corrected chi connectivity index (χ1v) is 14.8. The maximum Gasteiger partial charge on any atom is 0.352 e. The molecule has 3 aromatic rings. The third kappa shape index (κ3) is 5.76. The average Bonchev–Trinajstić information content (AvgIpc) is 3.62. The molecule has 1 fully saturated rings. The normalized spacial score (nSPS) is 18.3. The Morgan fingerprint density at radius 1 is 1.33 bits per heavy atom. The molecule has 2 aliphatic rings. The number of benzene rings is 1. The number of hydrogen-bond acceptors (Lipinski definition) is 15. The number of phenols is 2. The number of nitrogens with one attached hydrogen (secondary N) is 1. The van der Waals surface area contributed by atoms with Gasteiger partial charge in [-0.1, -0.05) is 29.6 Å². The van der Waals surface area contributed by atoms with Gasteiger partial charge in [0.25, 0.3) is 17.0 Å². The van der Waals surface area contributed by atoms with E-state index < -0.39 is 29.2 Å². The van der Waals surface area contributed by atoms with Crippen molar-refractivity contribution in [2.45, 2.75) is 16.6 Å². The zero-order chi connectivity index (χ0) is 30.0. The third-order valence-electron chi connectivity index (χ3n) is 5.86. The van der Waals surface area contributed by atoms with Gasteiger partial charge < -0.3 is 35.6 Å². The van der Waals surface area contributed by atoms with Gasteiger partial charge in [0.05, 0.1) is 0 Å². The molecule has 218 valence electrons. The fourth-order valence-electron chi connectivity index (χ4n) is 3.95. The van der Waals surface area contributed by atoms with E-state index in [1.54, 1.807) is 0 Å². The Balaban J connectivity index is 1.28. The van der Waals surface area contributed by atoms with Crippen LogP contribution >= 0.6 is 34.9 Å². The average molecular weight is 632 g/mol. The van der Waals surface area contributed by atoms with Crippen LogP contribution < -0.4 is 11.1 Å². The van der Waals surface area contributed by atoms with E-state index in [0.717, 1.165) is 28.0 Å². The number of thiazole rings is 1. The highest BCUT2D eigenvalue weighted by atomic mass is 32.2. The monoisotopic (exact) mass is 631 g/mol. The van der Waals surface area contributed by atoms with E-state index >= 15 is 0 Å². The van der Waals surface area contributed by atoms with Gasteiger partial charge in [-0.15, -0.1) is 33.3 Å². The molecule has 4 heterocycles. The van der Waals surface area contributed by atoms with Crippen molar-refractivity contribution < 1.29 is 39.0 Å². The summed E-state index contributed by atoms with van der Waals surface area (Å²) in [7, 11) is 0. The number of nitrogens with zero attached hydrogens (tertiary/aromatic N) is 5. The molecule has 1 saturated heterocycles. The van der Waals surface area contributed by atoms with Crippen LogP contribution in [0.2, 0.25) is 0 Å². The summed E-state index contributed by atoms with van der Waals surface area (Å²) >= 11 is 3.46. The van der Waals surface area contributed by atoms with Gasteiger partial charge in [0.2, 0.25) is 5.89 Å². The summed E-state index contributed by atoms with van der Waals surface area (Å²) in [6.45, 7) is 3.55. The highest BCUT2D eigenvalue weighted by Crippen LogP contribution is 2.42. The first-order valence-electron chi connectivity index (χ1n) is 11.9. The standard InChI is InChI=1S/C24H21N7O8S3/c1-2-5-38-30-15(12-9-41-23(25)26-12)18(34)27-16-20(35)31-17(22(36)37)11(7-40-21(16)31)8-42-24-29-28-19(39-24)10-3-4-13(32)14(33)6-10/h2-4,6,9,16,21,32-33H,1,5,7-8H2,(H2,25,26)(H,27,34)(H,36,37)/t16-,21+/m1/s1. The summed E-state index contributed by atoms with van der Waals surface area (Å²) in [5.74, 6) is -2.80. The summed E-state index contributed by atoms with van der Waals surface area (Å²) in [5, 5.41) is 44.6. The molecule has 0 spiro atoms. The van der Waals surface area contributed by atoms with Gasteiger partial charge in [-0.25, -0.2) is 9.78 Å². The van der Waals surface area contributed by atoms with Crippen LogP contribution in [0, 0.1) is 0 Å². The Morgan fingerprint density at radius 2 is 2.14 bits per heavy atom. The van der Waals surface area contributed by atoms with E-state index in [-0.39, 0.29) is 63.0 Å². The molecule has 2 atom stereocenters. The minimum absolute atomic E-state index is 0.0316. The predicted octanol–water partition coefficient (Wildman–Crippen LogP) is 1.62. The van der Waals surface area contributed by atoms with E-state index in [9.17, 15) is 29.7 Å². The van der Waals surface area contributed by atoms with E-state index in [0.29, 0.717) is 11.1 Å². The molecule has 2 aromatic heterocycles. The Bertz CT molecular complexity index is 1640. The highest BCUT2D eigenvalue weighted by molar-refractivity contribution is 8.01. The highest BCUT2D eigenvalue weighted by Gasteiger charge is 2.54. The lowest BCUT2D eigenvalue weighted by atomic mass is 10.0. The molecule has 0 radical (unpaired) electrons. The fraction of sp³-hybridized carbons (Fsp3) is 0.208. The van der Waals surface area contributed by atoms with Gasteiger partial charge >= 0.3 is 5.97 Å². The lowest BCUT2D eigenvalue weighted by molar-refractivity contribution is -0.150. The number of thioether (sulfide) groups is 2. The minimum Gasteiger partial charge on any atom is -0.504 e. The summed E-state index contributed by atoms with van der Waals surface area (Å²) < 4.78 is 5.59. The number of carbonyl (C=O) groups is 3. The summed E-state index contributed by atoms with van der Waals surface area (Å²) in [6, 6.07) is 3.02. The van der Waals surface area contributed by atoms with Crippen molar-refractivity contribution in [1.29, 1.82) is 0 Å². The van der Waals surface area contributed by atoms with Crippen molar-refractivity contribution in [2.24, 2.45) is 5.16 Å². The Morgan fingerprint density at radius 3 is 2.83 bits per heavy atom. The summed E-state index contributed by atoms with van der Waals surface area (Å²) in [5.41, 5.74) is 6.30. The number of amides is 2. The molecule has 5 rings (SSSR count). The number of anilines is 1. The zero-order valence-electron chi connectivity index (χ0n) is 21.3. The molecule has 0 aliphatic carbocycles. The van der Waals surface area contributed by atoms with E-state index in [2.05, 4.69) is 32.2 Å². The second kappa shape index (κ2) is 12.1. The SMILES string of the molecule is C=CCON=C(C(=O)N[C@@H]1C(=O)N2C(C(=O)O)=C(CSc3nnc(-c4ccc(O)c(O)c4)o3)CS[C@@H]12)c1csc(N)n1. The van der Waals surface area contributed by atoms with Gasteiger partial charge in [0.1, 0.15) is 29.4 Å². The first-order chi connectivity index (χ1) is 20.2. The molecule has 2 aliphatic heterocycles. The molecule has 0 bridgehead atoms. The molecule has 15 nitrogen and oxygen atoms in total. The number of nitrogen functional groups attached to an aromatic ring is 1. The number of rotatable bonds is 11. The molecule has 6 N–H and O–H groups in total.